The molecule has 0 aliphatic rings. The first kappa shape index (κ1) is 22.1. The minimum Gasteiger partial charge on any atom is -0.493 e. The van der Waals surface area contributed by atoms with Gasteiger partial charge in [-0.2, -0.15) is 0 Å². The molecule has 0 fully saturated rings. The van der Waals surface area contributed by atoms with E-state index in [0.717, 1.165) is 11.1 Å². The quantitative estimate of drug-likeness (QED) is 0.446. The minimum atomic E-state index is -0.299. The Labute approximate surface area is 191 Å². The average Bonchev–Trinajstić information content (AvgIpc) is 2.86. The second-order valence-electron chi connectivity index (χ2n) is 7.63. The molecule has 0 atom stereocenters. The number of para-hydroxylation sites is 1. The van der Waals surface area contributed by atoms with Crippen LogP contribution in [0.25, 0.3) is 22.3 Å². The van der Waals surface area contributed by atoms with E-state index in [1.807, 2.05) is 48.5 Å². The van der Waals surface area contributed by atoms with E-state index in [0.29, 0.717) is 46.7 Å². The van der Waals surface area contributed by atoms with Crippen LogP contribution in [0.3, 0.4) is 0 Å². The zero-order chi connectivity index (χ0) is 23.4. The Morgan fingerprint density at radius 2 is 1.70 bits per heavy atom. The Balaban J connectivity index is 1.60. The predicted molar refractivity (Wildman–Crippen MR) is 128 cm³/mol. The number of methoxy groups -OCH3 is 2. The van der Waals surface area contributed by atoms with Crippen LogP contribution in [-0.4, -0.2) is 26.7 Å². The van der Waals surface area contributed by atoms with Gasteiger partial charge in [0.05, 0.1) is 25.2 Å². The van der Waals surface area contributed by atoms with Gasteiger partial charge in [0.15, 0.2) is 22.5 Å². The van der Waals surface area contributed by atoms with Crippen molar-refractivity contribution in [2.45, 2.75) is 13.3 Å². The van der Waals surface area contributed by atoms with Crippen molar-refractivity contribution in [3.63, 3.8) is 0 Å². The Hall–Kier alpha value is -4.06. The number of nitrogens with one attached hydrogen (secondary N) is 1. The van der Waals surface area contributed by atoms with Gasteiger partial charge >= 0.3 is 0 Å². The lowest BCUT2D eigenvalue weighted by Crippen LogP contribution is -2.26. The Bertz CT molecular complexity index is 1360. The molecule has 3 aromatic carbocycles. The number of ether oxygens (including phenoxy) is 2. The lowest BCUT2D eigenvalue weighted by Gasteiger charge is -2.12. The van der Waals surface area contributed by atoms with Gasteiger partial charge in [-0.05, 0) is 43.2 Å². The van der Waals surface area contributed by atoms with Crippen molar-refractivity contribution >= 4 is 16.9 Å². The van der Waals surface area contributed by atoms with Gasteiger partial charge < -0.3 is 19.2 Å². The number of carbonyl (C=O) groups excluding carboxylic acids is 1. The summed E-state index contributed by atoms with van der Waals surface area (Å²) in [5, 5.41) is 3.31. The topological polar surface area (TPSA) is 77.8 Å². The largest absolute Gasteiger partial charge is 0.493 e. The second kappa shape index (κ2) is 9.61. The van der Waals surface area contributed by atoms with E-state index in [9.17, 15) is 9.59 Å². The van der Waals surface area contributed by atoms with E-state index in [-0.39, 0.29) is 16.9 Å². The number of fused-ring (bicyclic) bond motifs is 1. The number of hydrogen-bond acceptors (Lipinski definition) is 5. The van der Waals surface area contributed by atoms with Gasteiger partial charge in [-0.3, -0.25) is 9.59 Å². The van der Waals surface area contributed by atoms with E-state index in [1.165, 1.54) is 0 Å². The van der Waals surface area contributed by atoms with Crippen LogP contribution in [0.1, 0.15) is 21.5 Å². The van der Waals surface area contributed by atoms with Crippen molar-refractivity contribution in [1.29, 1.82) is 0 Å². The first-order chi connectivity index (χ1) is 16.0. The number of amides is 1. The SMILES string of the molecule is COc1ccc(CCNC(=O)c2cccc3c(=O)c(C)c(-c4ccccc4)oc23)cc1OC. The molecule has 0 spiro atoms. The molecule has 33 heavy (non-hydrogen) atoms. The van der Waals surface area contributed by atoms with Crippen LogP contribution < -0.4 is 20.2 Å². The highest BCUT2D eigenvalue weighted by Crippen LogP contribution is 2.28. The fourth-order valence-corrected chi connectivity index (χ4v) is 3.81. The van der Waals surface area contributed by atoms with Gasteiger partial charge in [0.25, 0.3) is 5.91 Å². The third-order valence-electron chi connectivity index (χ3n) is 5.57. The first-order valence-electron chi connectivity index (χ1n) is 10.6. The molecule has 0 saturated carbocycles. The average molecular weight is 443 g/mol. The third-order valence-corrected chi connectivity index (χ3v) is 5.57. The normalized spacial score (nSPS) is 10.8. The highest BCUT2D eigenvalue weighted by atomic mass is 16.5. The Kier molecular flexibility index (Phi) is 6.45. The molecule has 4 aromatic rings. The molecular weight excluding hydrogens is 418 g/mol. The van der Waals surface area contributed by atoms with Crippen molar-refractivity contribution in [1.82, 2.24) is 5.32 Å². The summed E-state index contributed by atoms with van der Waals surface area (Å²) < 4.78 is 16.7. The summed E-state index contributed by atoms with van der Waals surface area (Å²) in [6.07, 6.45) is 0.606. The molecule has 0 aliphatic heterocycles. The van der Waals surface area contributed by atoms with Gasteiger partial charge in [-0.1, -0.05) is 42.5 Å². The van der Waals surface area contributed by atoms with Crippen molar-refractivity contribution in [3.05, 3.63) is 93.6 Å². The molecule has 0 radical (unpaired) electrons. The number of carbonyl (C=O) groups is 1. The summed E-state index contributed by atoms with van der Waals surface area (Å²) in [5.74, 6) is 1.47. The molecule has 1 amide bonds. The number of rotatable bonds is 7. The van der Waals surface area contributed by atoms with Crippen LogP contribution in [-0.2, 0) is 6.42 Å². The van der Waals surface area contributed by atoms with Gasteiger partial charge in [-0.25, -0.2) is 0 Å². The van der Waals surface area contributed by atoms with E-state index >= 15 is 0 Å². The summed E-state index contributed by atoms with van der Waals surface area (Å²) in [4.78, 5) is 26.0. The fourth-order valence-electron chi connectivity index (χ4n) is 3.81. The minimum absolute atomic E-state index is 0.143. The number of benzene rings is 3. The molecule has 6 heteroatoms. The molecule has 0 bridgehead atoms. The van der Waals surface area contributed by atoms with Crippen molar-refractivity contribution in [2.24, 2.45) is 0 Å². The molecule has 1 N–H and O–H groups in total. The van der Waals surface area contributed by atoms with E-state index < -0.39 is 0 Å². The summed E-state index contributed by atoms with van der Waals surface area (Å²) in [6.45, 7) is 2.15. The van der Waals surface area contributed by atoms with Crippen molar-refractivity contribution in [2.75, 3.05) is 20.8 Å². The Morgan fingerprint density at radius 1 is 0.939 bits per heavy atom. The standard InChI is InChI=1S/C27H25NO5/c1-17-24(29)20-10-7-11-21(26(20)33-25(17)19-8-5-4-6-9-19)27(30)28-15-14-18-12-13-22(31-2)23(16-18)32-3/h4-13,16H,14-15H2,1-3H3,(H,28,30). The summed E-state index contributed by atoms with van der Waals surface area (Å²) in [7, 11) is 3.17. The zero-order valence-corrected chi connectivity index (χ0v) is 18.8. The predicted octanol–water partition coefficient (Wildman–Crippen LogP) is 4.76. The fraction of sp³-hybridized carbons (Fsp3) is 0.185. The second-order valence-corrected chi connectivity index (χ2v) is 7.63. The van der Waals surface area contributed by atoms with Crippen molar-refractivity contribution in [3.8, 4) is 22.8 Å². The summed E-state index contributed by atoms with van der Waals surface area (Å²) in [5.41, 5.74) is 2.77. The monoisotopic (exact) mass is 443 g/mol. The molecule has 6 nitrogen and oxygen atoms in total. The molecule has 4 rings (SSSR count). The van der Waals surface area contributed by atoms with Crippen LogP contribution in [0.5, 0.6) is 11.5 Å². The highest BCUT2D eigenvalue weighted by molar-refractivity contribution is 6.05. The maximum Gasteiger partial charge on any atom is 0.255 e. The van der Waals surface area contributed by atoms with Gasteiger partial charge in [0.2, 0.25) is 0 Å². The molecule has 1 aromatic heterocycles. The maximum absolute atomic E-state index is 13.0. The maximum atomic E-state index is 13.0. The van der Waals surface area contributed by atoms with Crippen LogP contribution in [0.4, 0.5) is 0 Å². The lowest BCUT2D eigenvalue weighted by atomic mass is 10.0. The molecule has 0 saturated heterocycles. The number of hydrogen-bond donors (Lipinski definition) is 1. The molecule has 0 unspecified atom stereocenters. The van der Waals surface area contributed by atoms with E-state index in [4.69, 9.17) is 13.9 Å². The first-order valence-corrected chi connectivity index (χ1v) is 10.6. The summed E-state index contributed by atoms with van der Waals surface area (Å²) in [6, 6.07) is 20.1. The van der Waals surface area contributed by atoms with E-state index in [2.05, 4.69) is 5.32 Å². The molecule has 168 valence electrons. The van der Waals surface area contributed by atoms with Crippen LogP contribution in [0, 0.1) is 6.92 Å². The smallest absolute Gasteiger partial charge is 0.255 e. The highest BCUT2D eigenvalue weighted by Gasteiger charge is 2.18. The lowest BCUT2D eigenvalue weighted by molar-refractivity contribution is 0.0955. The van der Waals surface area contributed by atoms with Gasteiger partial charge in [-0.15, -0.1) is 0 Å². The van der Waals surface area contributed by atoms with Gasteiger partial charge in [0, 0.05) is 17.7 Å². The molecule has 1 heterocycles. The van der Waals surface area contributed by atoms with Crippen molar-refractivity contribution < 1.29 is 18.7 Å². The Morgan fingerprint density at radius 3 is 2.42 bits per heavy atom. The van der Waals surface area contributed by atoms with Gasteiger partial charge in [0.1, 0.15) is 5.76 Å². The molecular formula is C27H25NO5. The van der Waals surface area contributed by atoms with Crippen LogP contribution in [0.2, 0.25) is 0 Å². The zero-order valence-electron chi connectivity index (χ0n) is 18.8. The van der Waals surface area contributed by atoms with Crippen LogP contribution in [0.15, 0.2) is 75.9 Å². The molecule has 0 aliphatic carbocycles. The van der Waals surface area contributed by atoms with E-state index in [1.54, 1.807) is 39.3 Å². The third kappa shape index (κ3) is 4.46. The summed E-state index contributed by atoms with van der Waals surface area (Å²) >= 11 is 0. The van der Waals surface area contributed by atoms with Crippen LogP contribution >= 0.6 is 0 Å².